The van der Waals surface area contributed by atoms with E-state index in [1.807, 2.05) is 16.8 Å². The van der Waals surface area contributed by atoms with E-state index in [1.165, 1.54) is 11.1 Å². The van der Waals surface area contributed by atoms with Crippen molar-refractivity contribution in [3.63, 3.8) is 0 Å². The maximum Gasteiger partial charge on any atom is 0.252 e. The Balaban J connectivity index is 1.45. The molecule has 0 bridgehead atoms. The highest BCUT2D eigenvalue weighted by Gasteiger charge is 2.29. The molecule has 5 rings (SSSR count). The lowest BCUT2D eigenvalue weighted by Crippen LogP contribution is -2.37. The van der Waals surface area contributed by atoms with Gasteiger partial charge in [0.15, 0.2) is 5.82 Å². The van der Waals surface area contributed by atoms with Gasteiger partial charge in [0.25, 0.3) is 5.56 Å². The number of nitrogens with one attached hydrogen (secondary N) is 1. The van der Waals surface area contributed by atoms with E-state index in [0.717, 1.165) is 66.7 Å². The largest absolute Gasteiger partial charge is 0.377 e. The average Bonchev–Trinajstić information content (AvgIpc) is 3.59. The molecule has 0 unspecified atom stereocenters. The topological polar surface area (TPSA) is 88.9 Å². The van der Waals surface area contributed by atoms with Gasteiger partial charge in [0, 0.05) is 31.8 Å². The molecule has 1 aliphatic rings. The number of aromatic nitrogens is 5. The Morgan fingerprint density at radius 3 is 2.78 bits per heavy atom. The van der Waals surface area contributed by atoms with Crippen molar-refractivity contribution in [2.45, 2.75) is 71.7 Å². The third kappa shape index (κ3) is 5.65. The Morgan fingerprint density at radius 1 is 1.19 bits per heavy atom. The Kier molecular flexibility index (Phi) is 7.76. The number of nitrogens with zero attached hydrogens (tertiary/aromatic N) is 5. The Bertz CT molecular complexity index is 1390. The minimum absolute atomic E-state index is 0.0372. The molecule has 1 N–H and O–H groups in total. The number of ether oxygens (including phenoxy) is 1. The summed E-state index contributed by atoms with van der Waals surface area (Å²) >= 11 is 0. The van der Waals surface area contributed by atoms with Gasteiger partial charge in [-0.05, 0) is 78.1 Å². The molecule has 2 aromatic carbocycles. The lowest BCUT2D eigenvalue weighted by molar-refractivity contribution is 0.0488. The monoisotopic (exact) mass is 500 g/mol. The zero-order chi connectivity index (χ0) is 25.8. The Hall–Kier alpha value is -3.36. The highest BCUT2D eigenvalue weighted by Crippen LogP contribution is 2.27. The van der Waals surface area contributed by atoms with Gasteiger partial charge in [-0.3, -0.25) is 9.69 Å². The van der Waals surface area contributed by atoms with Crippen LogP contribution in [-0.2, 0) is 24.2 Å². The second-order valence-electron chi connectivity index (χ2n) is 10.1. The van der Waals surface area contributed by atoms with Crippen LogP contribution in [-0.4, -0.2) is 49.3 Å². The summed E-state index contributed by atoms with van der Waals surface area (Å²) in [6, 6.07) is 16.6. The van der Waals surface area contributed by atoms with Crippen LogP contribution < -0.4 is 5.56 Å². The molecule has 0 amide bonds. The molecular weight excluding hydrogens is 464 g/mol. The molecule has 4 aromatic rings. The number of rotatable bonds is 10. The van der Waals surface area contributed by atoms with Gasteiger partial charge in [0.05, 0.1) is 17.7 Å². The van der Waals surface area contributed by atoms with Crippen molar-refractivity contribution in [1.82, 2.24) is 30.1 Å². The second kappa shape index (κ2) is 11.4. The molecule has 2 atom stereocenters. The van der Waals surface area contributed by atoms with Crippen molar-refractivity contribution in [1.29, 1.82) is 0 Å². The summed E-state index contributed by atoms with van der Waals surface area (Å²) in [7, 11) is 0. The lowest BCUT2D eigenvalue weighted by Gasteiger charge is -2.32. The van der Waals surface area contributed by atoms with Gasteiger partial charge in [-0.1, -0.05) is 49.4 Å². The van der Waals surface area contributed by atoms with Gasteiger partial charge < -0.3 is 9.72 Å². The SMILES string of the molecule is CC[C@H](c1nnnn1CCc1ccccc1)N(Cc1cc2ccc(C)c(C)c2[nH]c1=O)C[C@H]1CCCO1. The van der Waals surface area contributed by atoms with E-state index in [-0.39, 0.29) is 17.7 Å². The fraction of sp³-hybridized carbons (Fsp3) is 0.448. The van der Waals surface area contributed by atoms with Crippen LogP contribution in [0.15, 0.2) is 53.3 Å². The first-order valence-corrected chi connectivity index (χ1v) is 13.3. The molecule has 3 heterocycles. The highest BCUT2D eigenvalue weighted by atomic mass is 16.5. The van der Waals surface area contributed by atoms with E-state index in [2.05, 4.69) is 82.6 Å². The van der Waals surface area contributed by atoms with Crippen molar-refractivity contribution in [3.05, 3.63) is 87.0 Å². The molecule has 1 aliphatic heterocycles. The Labute approximate surface area is 217 Å². The minimum Gasteiger partial charge on any atom is -0.377 e. The van der Waals surface area contributed by atoms with E-state index in [0.29, 0.717) is 13.1 Å². The molecule has 0 radical (unpaired) electrons. The number of hydrogen-bond donors (Lipinski definition) is 1. The minimum atomic E-state index is -0.0444. The quantitative estimate of drug-likeness (QED) is 0.345. The molecule has 0 aliphatic carbocycles. The van der Waals surface area contributed by atoms with Gasteiger partial charge in [0.1, 0.15) is 0 Å². The second-order valence-corrected chi connectivity index (χ2v) is 10.1. The fourth-order valence-electron chi connectivity index (χ4n) is 5.35. The van der Waals surface area contributed by atoms with E-state index < -0.39 is 0 Å². The van der Waals surface area contributed by atoms with Gasteiger partial charge >= 0.3 is 0 Å². The molecule has 1 saturated heterocycles. The first-order chi connectivity index (χ1) is 18.0. The summed E-state index contributed by atoms with van der Waals surface area (Å²) in [5.74, 6) is 0.833. The molecule has 8 nitrogen and oxygen atoms in total. The van der Waals surface area contributed by atoms with Gasteiger partial charge in [-0.15, -0.1) is 5.10 Å². The molecule has 0 spiro atoms. The first kappa shape index (κ1) is 25.3. The summed E-state index contributed by atoms with van der Waals surface area (Å²) in [5.41, 5.74) is 5.15. The van der Waals surface area contributed by atoms with Crippen LogP contribution in [0.5, 0.6) is 0 Å². The summed E-state index contributed by atoms with van der Waals surface area (Å²) in [6.07, 6.45) is 3.91. The number of fused-ring (bicyclic) bond motifs is 1. The maximum atomic E-state index is 13.2. The number of H-pyrrole nitrogens is 1. The molecule has 194 valence electrons. The summed E-state index contributed by atoms with van der Waals surface area (Å²) in [6.45, 7) is 9.00. The van der Waals surface area contributed by atoms with Gasteiger partial charge in [0.2, 0.25) is 0 Å². The number of tetrazole rings is 1. The van der Waals surface area contributed by atoms with Crippen LogP contribution in [0.3, 0.4) is 0 Å². The van der Waals surface area contributed by atoms with E-state index in [4.69, 9.17) is 4.74 Å². The third-order valence-corrected chi connectivity index (χ3v) is 7.60. The smallest absolute Gasteiger partial charge is 0.252 e. The van der Waals surface area contributed by atoms with Gasteiger partial charge in [-0.25, -0.2) is 4.68 Å². The predicted octanol–water partition coefficient (Wildman–Crippen LogP) is 4.51. The summed E-state index contributed by atoms with van der Waals surface area (Å²) < 4.78 is 7.93. The zero-order valence-electron chi connectivity index (χ0n) is 22.0. The third-order valence-electron chi connectivity index (χ3n) is 7.60. The average molecular weight is 501 g/mol. The summed E-state index contributed by atoms with van der Waals surface area (Å²) in [5, 5.41) is 13.9. The standard InChI is InChI=1S/C29H36N6O2/c1-4-26(28-31-32-33-35(28)15-14-22-9-6-5-7-10-22)34(19-25-11-8-16-37-25)18-24-17-23-13-12-20(2)21(3)27(23)30-29(24)36/h5-7,9-10,12-13,17,25-26H,4,8,11,14-16,18-19H2,1-3H3,(H,30,36)/t25-,26-/m1/s1. The fourth-order valence-corrected chi connectivity index (χ4v) is 5.35. The number of pyridine rings is 1. The normalized spacial score (nSPS) is 16.6. The van der Waals surface area contributed by atoms with Crippen molar-refractivity contribution >= 4 is 10.9 Å². The Morgan fingerprint density at radius 2 is 2.03 bits per heavy atom. The van der Waals surface area contributed by atoms with Crippen LogP contribution in [0, 0.1) is 13.8 Å². The summed E-state index contributed by atoms with van der Waals surface area (Å²) in [4.78, 5) is 18.7. The zero-order valence-corrected chi connectivity index (χ0v) is 22.0. The molecular formula is C29H36N6O2. The van der Waals surface area contributed by atoms with Crippen LogP contribution >= 0.6 is 0 Å². The molecule has 1 fully saturated rings. The number of aromatic amines is 1. The molecule has 2 aromatic heterocycles. The number of hydrogen-bond acceptors (Lipinski definition) is 6. The molecule has 0 saturated carbocycles. The van der Waals surface area contributed by atoms with E-state index in [1.54, 1.807) is 0 Å². The predicted molar refractivity (Wildman–Crippen MR) is 144 cm³/mol. The molecule has 8 heteroatoms. The number of benzene rings is 2. The van der Waals surface area contributed by atoms with Crippen molar-refractivity contribution < 1.29 is 4.74 Å². The van der Waals surface area contributed by atoms with Crippen molar-refractivity contribution in [2.24, 2.45) is 0 Å². The van der Waals surface area contributed by atoms with Crippen LogP contribution in [0.25, 0.3) is 10.9 Å². The lowest BCUT2D eigenvalue weighted by atomic mass is 10.0. The van der Waals surface area contributed by atoms with Crippen LogP contribution in [0.1, 0.15) is 60.3 Å². The van der Waals surface area contributed by atoms with Crippen molar-refractivity contribution in [2.75, 3.05) is 13.2 Å². The van der Waals surface area contributed by atoms with E-state index in [9.17, 15) is 4.79 Å². The first-order valence-electron chi connectivity index (χ1n) is 13.3. The highest BCUT2D eigenvalue weighted by molar-refractivity contribution is 5.83. The van der Waals surface area contributed by atoms with Gasteiger partial charge in [-0.2, -0.15) is 0 Å². The number of aryl methyl sites for hydroxylation is 4. The van der Waals surface area contributed by atoms with E-state index >= 15 is 0 Å². The van der Waals surface area contributed by atoms with Crippen LogP contribution in [0.4, 0.5) is 0 Å². The van der Waals surface area contributed by atoms with Crippen LogP contribution in [0.2, 0.25) is 0 Å². The molecule has 37 heavy (non-hydrogen) atoms. The van der Waals surface area contributed by atoms with Crippen molar-refractivity contribution in [3.8, 4) is 0 Å². The maximum absolute atomic E-state index is 13.2.